The highest BCUT2D eigenvalue weighted by atomic mass is 16.5. The summed E-state index contributed by atoms with van der Waals surface area (Å²) in [5.74, 6) is 0.0230. The van der Waals surface area contributed by atoms with Crippen LogP contribution in [0.25, 0.3) is 0 Å². The molecule has 0 radical (unpaired) electrons. The van der Waals surface area contributed by atoms with Gasteiger partial charge in [-0.3, -0.25) is 9.59 Å². The molecule has 4 rings (SSSR count). The maximum atomic E-state index is 13.3. The van der Waals surface area contributed by atoms with Crippen molar-refractivity contribution in [1.29, 1.82) is 0 Å². The van der Waals surface area contributed by atoms with Gasteiger partial charge >= 0.3 is 0 Å². The number of rotatable bonds is 10. The summed E-state index contributed by atoms with van der Waals surface area (Å²) in [5.41, 5.74) is 4.97. The first-order valence-electron chi connectivity index (χ1n) is 12.4. The highest BCUT2D eigenvalue weighted by Crippen LogP contribution is 2.30. The fourth-order valence-electron chi connectivity index (χ4n) is 4.42. The van der Waals surface area contributed by atoms with E-state index in [0.29, 0.717) is 42.3 Å². The average molecular weight is 488 g/mol. The van der Waals surface area contributed by atoms with E-state index in [1.54, 1.807) is 24.3 Å². The zero-order chi connectivity index (χ0) is 25.3. The normalized spacial score (nSPS) is 12.6. The third-order valence-electron chi connectivity index (χ3n) is 6.28. The molecule has 0 atom stereocenters. The third kappa shape index (κ3) is 6.04. The van der Waals surface area contributed by atoms with Crippen molar-refractivity contribution in [2.24, 2.45) is 0 Å². The number of hydrogen-bond donors (Lipinski definition) is 2. The van der Waals surface area contributed by atoms with Gasteiger partial charge in [0.2, 0.25) is 0 Å². The van der Waals surface area contributed by atoms with Crippen molar-refractivity contribution in [3.05, 3.63) is 89.0 Å². The van der Waals surface area contributed by atoms with Gasteiger partial charge in [-0.2, -0.15) is 0 Å². The molecule has 2 N–H and O–H groups in total. The van der Waals surface area contributed by atoms with Gasteiger partial charge in [-0.05, 0) is 61.2 Å². The van der Waals surface area contributed by atoms with E-state index >= 15 is 0 Å². The molecule has 0 saturated carbocycles. The number of carbonyl (C=O) groups excluding carboxylic acids is 2. The molecular formula is C29H33N3O4. The van der Waals surface area contributed by atoms with E-state index in [9.17, 15) is 9.59 Å². The number of fused-ring (bicyclic) bond motifs is 1. The van der Waals surface area contributed by atoms with Gasteiger partial charge < -0.3 is 25.0 Å². The third-order valence-corrected chi connectivity index (χ3v) is 6.28. The molecule has 3 aromatic rings. The molecule has 0 unspecified atom stereocenters. The summed E-state index contributed by atoms with van der Waals surface area (Å²) in [4.78, 5) is 28.5. The van der Waals surface area contributed by atoms with Crippen molar-refractivity contribution in [2.75, 3.05) is 43.6 Å². The molecule has 0 bridgehead atoms. The van der Waals surface area contributed by atoms with Crippen LogP contribution in [0.3, 0.4) is 0 Å². The van der Waals surface area contributed by atoms with Crippen LogP contribution in [0, 0.1) is 0 Å². The summed E-state index contributed by atoms with van der Waals surface area (Å²) in [5, 5.41) is 5.93. The summed E-state index contributed by atoms with van der Waals surface area (Å²) >= 11 is 0. The van der Waals surface area contributed by atoms with Gasteiger partial charge in [0.25, 0.3) is 11.8 Å². The van der Waals surface area contributed by atoms with Gasteiger partial charge in [-0.1, -0.05) is 36.4 Å². The zero-order valence-corrected chi connectivity index (χ0v) is 20.9. The van der Waals surface area contributed by atoms with Gasteiger partial charge in [0.15, 0.2) is 0 Å². The van der Waals surface area contributed by atoms with E-state index in [-0.39, 0.29) is 11.8 Å². The number of nitrogens with zero attached hydrogens (tertiary/aromatic N) is 1. The zero-order valence-electron chi connectivity index (χ0n) is 20.9. The maximum absolute atomic E-state index is 13.3. The lowest BCUT2D eigenvalue weighted by Crippen LogP contribution is -2.33. The average Bonchev–Trinajstić information content (AvgIpc) is 2.92. The fourth-order valence-corrected chi connectivity index (χ4v) is 4.42. The Bertz CT molecular complexity index is 1210. The number of carbonyl (C=O) groups is 2. The first kappa shape index (κ1) is 25.3. The molecule has 0 spiro atoms. The number of amides is 2. The Morgan fingerprint density at radius 1 is 0.944 bits per heavy atom. The lowest BCUT2D eigenvalue weighted by atomic mass is 9.98. The van der Waals surface area contributed by atoms with Crippen LogP contribution < -0.4 is 20.3 Å². The first-order chi connectivity index (χ1) is 17.6. The number of benzene rings is 3. The molecule has 188 valence electrons. The Kier molecular flexibility index (Phi) is 8.57. The number of methoxy groups -OCH3 is 1. The number of para-hydroxylation sites is 1. The van der Waals surface area contributed by atoms with Crippen LogP contribution in [-0.4, -0.2) is 45.2 Å². The second kappa shape index (κ2) is 12.2. The van der Waals surface area contributed by atoms with Gasteiger partial charge in [0.05, 0.1) is 18.2 Å². The molecule has 7 heteroatoms. The van der Waals surface area contributed by atoms with Gasteiger partial charge in [0.1, 0.15) is 5.75 Å². The molecule has 0 aliphatic carbocycles. The molecule has 1 aliphatic heterocycles. The number of hydrogen-bond acceptors (Lipinski definition) is 5. The molecular weight excluding hydrogens is 454 g/mol. The molecule has 0 aromatic heterocycles. The SMILES string of the molecule is CCOCCCNC(=O)c1cc(NC(=O)c2ccccc2OC)ccc1N1CCc2ccccc2C1. The number of anilines is 2. The monoisotopic (exact) mass is 487 g/mol. The smallest absolute Gasteiger partial charge is 0.259 e. The minimum absolute atomic E-state index is 0.172. The van der Waals surface area contributed by atoms with Crippen LogP contribution in [0.5, 0.6) is 5.75 Å². The van der Waals surface area contributed by atoms with Crippen molar-refractivity contribution >= 4 is 23.2 Å². The molecule has 3 aromatic carbocycles. The van der Waals surface area contributed by atoms with Gasteiger partial charge in [-0.25, -0.2) is 0 Å². The fraction of sp³-hybridized carbons (Fsp3) is 0.310. The van der Waals surface area contributed by atoms with Crippen molar-refractivity contribution in [3.8, 4) is 5.75 Å². The quantitative estimate of drug-likeness (QED) is 0.407. The summed E-state index contributed by atoms with van der Waals surface area (Å²) in [7, 11) is 1.53. The van der Waals surface area contributed by atoms with Gasteiger partial charge in [0, 0.05) is 44.2 Å². The largest absolute Gasteiger partial charge is 0.496 e. The molecule has 0 fully saturated rings. The first-order valence-corrected chi connectivity index (χ1v) is 12.4. The van der Waals surface area contributed by atoms with E-state index in [1.165, 1.54) is 18.2 Å². The lowest BCUT2D eigenvalue weighted by molar-refractivity contribution is 0.0943. The molecule has 7 nitrogen and oxygen atoms in total. The summed E-state index contributed by atoms with van der Waals surface area (Å²) < 4.78 is 10.7. The lowest BCUT2D eigenvalue weighted by Gasteiger charge is -2.32. The van der Waals surface area contributed by atoms with Crippen LogP contribution in [0.2, 0.25) is 0 Å². The Hall–Kier alpha value is -3.84. The Morgan fingerprint density at radius 2 is 1.72 bits per heavy atom. The van der Waals surface area contributed by atoms with Gasteiger partial charge in [-0.15, -0.1) is 0 Å². The van der Waals surface area contributed by atoms with Crippen molar-refractivity contribution in [1.82, 2.24) is 5.32 Å². The van der Waals surface area contributed by atoms with E-state index in [2.05, 4.69) is 33.7 Å². The Morgan fingerprint density at radius 3 is 2.53 bits per heavy atom. The van der Waals surface area contributed by atoms with E-state index in [4.69, 9.17) is 9.47 Å². The summed E-state index contributed by atoms with van der Waals surface area (Å²) in [6.07, 6.45) is 1.65. The minimum Gasteiger partial charge on any atom is -0.496 e. The standard InChI is InChI=1S/C29H33N3O4/c1-3-36-18-8-16-30-28(33)25-19-23(31-29(34)24-11-6-7-12-27(24)35-2)13-14-26(25)32-17-15-21-9-4-5-10-22(21)20-32/h4-7,9-14,19H,3,8,15-18,20H2,1-2H3,(H,30,33)(H,31,34). The Balaban J connectivity index is 1.58. The van der Waals surface area contributed by atoms with Crippen molar-refractivity contribution in [2.45, 2.75) is 26.3 Å². The van der Waals surface area contributed by atoms with E-state index in [1.807, 2.05) is 31.2 Å². The van der Waals surface area contributed by atoms with Crippen molar-refractivity contribution in [3.63, 3.8) is 0 Å². The molecule has 0 saturated heterocycles. The molecule has 1 heterocycles. The summed E-state index contributed by atoms with van der Waals surface area (Å²) in [6, 6.07) is 21.0. The highest BCUT2D eigenvalue weighted by molar-refractivity contribution is 6.07. The van der Waals surface area contributed by atoms with Crippen LogP contribution in [0.4, 0.5) is 11.4 Å². The second-order valence-corrected chi connectivity index (χ2v) is 8.63. The number of ether oxygens (including phenoxy) is 2. The summed E-state index contributed by atoms with van der Waals surface area (Å²) in [6.45, 7) is 5.26. The topological polar surface area (TPSA) is 79.9 Å². The van der Waals surface area contributed by atoms with E-state index in [0.717, 1.165) is 31.6 Å². The molecule has 36 heavy (non-hydrogen) atoms. The van der Waals surface area contributed by atoms with Crippen LogP contribution in [0.1, 0.15) is 45.2 Å². The van der Waals surface area contributed by atoms with Crippen molar-refractivity contribution < 1.29 is 19.1 Å². The predicted octanol–water partition coefficient (Wildman–Crippen LogP) is 4.67. The molecule has 2 amide bonds. The predicted molar refractivity (Wildman–Crippen MR) is 142 cm³/mol. The molecule has 1 aliphatic rings. The second-order valence-electron chi connectivity index (χ2n) is 8.63. The minimum atomic E-state index is -0.296. The maximum Gasteiger partial charge on any atom is 0.259 e. The van der Waals surface area contributed by atoms with Crippen LogP contribution in [-0.2, 0) is 17.7 Å². The Labute approximate surface area is 212 Å². The van der Waals surface area contributed by atoms with Crippen LogP contribution in [0.15, 0.2) is 66.7 Å². The van der Waals surface area contributed by atoms with E-state index < -0.39 is 0 Å². The number of nitrogens with one attached hydrogen (secondary N) is 2. The highest BCUT2D eigenvalue weighted by Gasteiger charge is 2.22. The van der Waals surface area contributed by atoms with Crippen LogP contribution >= 0.6 is 0 Å².